The van der Waals surface area contributed by atoms with E-state index in [9.17, 15) is 4.79 Å². The lowest BCUT2D eigenvalue weighted by atomic mass is 9.97. The quantitative estimate of drug-likeness (QED) is 0.142. The average molecular weight is 736 g/mol. The molecule has 0 radical (unpaired) electrons. The Kier molecular flexibility index (Phi) is 9.40. The molecule has 0 atom stereocenters. The number of nitrogen functional groups attached to an aromatic ring is 1. The first-order valence-corrected chi connectivity index (χ1v) is 22.3. The molecular formula is C40H49N7O3SSi. The predicted octanol–water partition coefficient (Wildman–Crippen LogP) is 8.17. The van der Waals surface area contributed by atoms with Crippen molar-refractivity contribution in [2.75, 3.05) is 36.9 Å². The van der Waals surface area contributed by atoms with E-state index in [4.69, 9.17) is 24.9 Å². The second kappa shape index (κ2) is 13.9. The lowest BCUT2D eigenvalue weighted by Crippen LogP contribution is -2.43. The summed E-state index contributed by atoms with van der Waals surface area (Å²) in [5, 5.41) is 2.45. The first kappa shape index (κ1) is 35.2. The third-order valence-electron chi connectivity index (χ3n) is 11.6. The van der Waals surface area contributed by atoms with Crippen LogP contribution < -0.4 is 10.6 Å². The van der Waals surface area contributed by atoms with Crippen LogP contribution in [0.2, 0.25) is 18.1 Å². The summed E-state index contributed by atoms with van der Waals surface area (Å²) in [4.78, 5) is 37.6. The van der Waals surface area contributed by atoms with Crippen molar-refractivity contribution in [3.8, 4) is 0 Å². The molecule has 1 aliphatic carbocycles. The fourth-order valence-electron chi connectivity index (χ4n) is 7.06. The first-order valence-electron chi connectivity index (χ1n) is 18.6. The lowest BCUT2D eigenvalue weighted by Gasteiger charge is -2.37. The molecular weight excluding hydrogens is 687 g/mol. The number of hydrogen-bond donors (Lipinski definition) is 1. The van der Waals surface area contributed by atoms with Gasteiger partial charge in [-0.25, -0.2) is 19.9 Å². The number of benzene rings is 2. The van der Waals surface area contributed by atoms with Gasteiger partial charge in [0.15, 0.2) is 8.32 Å². The molecule has 1 saturated heterocycles. The molecule has 0 bridgehead atoms. The van der Waals surface area contributed by atoms with Crippen LogP contribution in [0.25, 0.3) is 21.1 Å². The molecule has 52 heavy (non-hydrogen) atoms. The third-order valence-corrected chi connectivity index (χ3v) is 17.3. The summed E-state index contributed by atoms with van der Waals surface area (Å²) >= 11 is 1.78. The van der Waals surface area contributed by atoms with Gasteiger partial charge in [-0.2, -0.15) is 0 Å². The standard InChI is InChI=1S/C40H49N7O3SSi/c1-40(2,3)52(4,5)50-17-16-46-14-12-27(13-15-46)38-45-34-19-29(9-11-35(34)51-38)47(39(48)28-20-42-37(43-21-28)26-7-8-26)22-25-6-10-30-31-23-49-24-32(31)36(41)44-33(30)18-25/h6,9-11,18-21,26-27H,7-8,12-17,22-24H2,1-5H3,(H2,41,44). The van der Waals surface area contributed by atoms with Gasteiger partial charge in [-0.15, -0.1) is 11.3 Å². The number of likely N-dealkylation sites (tertiary alicyclic amines) is 1. The molecule has 3 aromatic heterocycles. The molecule has 2 fully saturated rings. The van der Waals surface area contributed by atoms with Gasteiger partial charge in [-0.1, -0.05) is 32.9 Å². The monoisotopic (exact) mass is 735 g/mol. The average Bonchev–Trinajstić information content (AvgIpc) is 3.69. The van der Waals surface area contributed by atoms with Crippen LogP contribution in [0, 0.1) is 0 Å². The van der Waals surface area contributed by atoms with Crippen molar-refractivity contribution in [2.24, 2.45) is 0 Å². The minimum Gasteiger partial charge on any atom is -0.416 e. The van der Waals surface area contributed by atoms with Crippen molar-refractivity contribution in [1.82, 2.24) is 24.8 Å². The van der Waals surface area contributed by atoms with Gasteiger partial charge in [0.2, 0.25) is 0 Å². The van der Waals surface area contributed by atoms with E-state index in [1.165, 1.54) is 5.01 Å². The second-order valence-electron chi connectivity index (χ2n) is 16.2. The molecule has 2 N–H and O–H groups in total. The topological polar surface area (TPSA) is 120 Å². The van der Waals surface area contributed by atoms with E-state index in [0.717, 1.165) is 101 Å². The maximum atomic E-state index is 14.3. The van der Waals surface area contributed by atoms with E-state index >= 15 is 0 Å². The number of carbonyl (C=O) groups excluding carboxylic acids is 1. The maximum Gasteiger partial charge on any atom is 0.261 e. The number of anilines is 2. The smallest absolute Gasteiger partial charge is 0.261 e. The molecule has 0 unspecified atom stereocenters. The summed E-state index contributed by atoms with van der Waals surface area (Å²) in [6, 6.07) is 12.4. The summed E-state index contributed by atoms with van der Waals surface area (Å²) in [6.45, 7) is 16.8. The molecule has 5 aromatic rings. The first-order chi connectivity index (χ1) is 24.9. The number of carbonyl (C=O) groups is 1. The van der Waals surface area contributed by atoms with Crippen molar-refractivity contribution in [3.63, 3.8) is 0 Å². The number of nitrogens with zero attached hydrogens (tertiary/aromatic N) is 6. The van der Waals surface area contributed by atoms with Crippen LogP contribution in [0.3, 0.4) is 0 Å². The number of thiazole rings is 1. The van der Waals surface area contributed by atoms with Crippen molar-refractivity contribution in [3.05, 3.63) is 81.9 Å². The van der Waals surface area contributed by atoms with Gasteiger partial charge in [0.05, 0.1) is 46.1 Å². The summed E-state index contributed by atoms with van der Waals surface area (Å²) in [7, 11) is -1.73. The molecule has 1 amide bonds. The molecule has 3 aliphatic rings. The van der Waals surface area contributed by atoms with Crippen LogP contribution in [0.1, 0.15) is 96.2 Å². The van der Waals surface area contributed by atoms with Gasteiger partial charge in [-0.05, 0) is 92.3 Å². The van der Waals surface area contributed by atoms with Crippen LogP contribution in [-0.4, -0.2) is 65.3 Å². The summed E-state index contributed by atoms with van der Waals surface area (Å²) in [5.74, 6) is 2.02. The highest BCUT2D eigenvalue weighted by Crippen LogP contribution is 2.39. The molecule has 12 heteroatoms. The third kappa shape index (κ3) is 7.11. The van der Waals surface area contributed by atoms with E-state index in [0.29, 0.717) is 43.0 Å². The number of nitrogens with two attached hydrogens (primary N) is 1. The molecule has 10 nitrogen and oxygen atoms in total. The van der Waals surface area contributed by atoms with Crippen molar-refractivity contribution in [1.29, 1.82) is 0 Å². The number of pyridine rings is 1. The second-order valence-corrected chi connectivity index (χ2v) is 22.1. The molecule has 5 heterocycles. The molecule has 0 spiro atoms. The fourth-order valence-corrected chi connectivity index (χ4v) is 9.22. The van der Waals surface area contributed by atoms with E-state index in [2.05, 4.69) is 73.0 Å². The van der Waals surface area contributed by atoms with Crippen LogP contribution in [0.15, 0.2) is 48.8 Å². The zero-order valence-electron chi connectivity index (χ0n) is 30.9. The number of rotatable bonds is 10. The van der Waals surface area contributed by atoms with Crippen molar-refractivity contribution in [2.45, 2.75) is 96.2 Å². The maximum absolute atomic E-state index is 14.3. The molecule has 2 aliphatic heterocycles. The minimum absolute atomic E-state index is 0.156. The van der Waals surface area contributed by atoms with Crippen LogP contribution in [0.4, 0.5) is 11.5 Å². The SMILES string of the molecule is CC(C)(C)[Si](C)(C)OCCN1CCC(c2nc3cc(N(Cc4ccc5c6c(c(N)nc5c4)COC6)C(=O)c4cnc(C5CC5)nc4)ccc3s2)CC1. The van der Waals surface area contributed by atoms with E-state index in [1.54, 1.807) is 28.6 Å². The molecule has 1 saturated carbocycles. The Morgan fingerprint density at radius 1 is 0.981 bits per heavy atom. The number of ether oxygens (including phenoxy) is 1. The van der Waals surface area contributed by atoms with Crippen molar-refractivity contribution < 1.29 is 14.0 Å². The Labute approximate surface area is 310 Å². The minimum atomic E-state index is -1.73. The molecule has 272 valence electrons. The Morgan fingerprint density at radius 3 is 2.46 bits per heavy atom. The fraction of sp³-hybridized carbons (Fsp3) is 0.475. The summed E-state index contributed by atoms with van der Waals surface area (Å²) < 4.78 is 13.3. The van der Waals surface area contributed by atoms with Gasteiger partial charge in [-0.3, -0.25) is 4.79 Å². The van der Waals surface area contributed by atoms with Gasteiger partial charge in [0.25, 0.3) is 5.91 Å². The Morgan fingerprint density at radius 2 is 1.73 bits per heavy atom. The zero-order valence-corrected chi connectivity index (χ0v) is 32.8. The highest BCUT2D eigenvalue weighted by Gasteiger charge is 2.37. The van der Waals surface area contributed by atoms with Crippen LogP contribution in [0.5, 0.6) is 0 Å². The highest BCUT2D eigenvalue weighted by molar-refractivity contribution is 7.18. The highest BCUT2D eigenvalue weighted by atomic mass is 32.1. The van der Waals surface area contributed by atoms with Gasteiger partial charge >= 0.3 is 0 Å². The number of aromatic nitrogens is 4. The number of fused-ring (bicyclic) bond motifs is 4. The Hall–Kier alpha value is -3.81. The molecule has 2 aromatic carbocycles. The van der Waals surface area contributed by atoms with E-state index < -0.39 is 8.32 Å². The van der Waals surface area contributed by atoms with Crippen LogP contribution >= 0.6 is 11.3 Å². The summed E-state index contributed by atoms with van der Waals surface area (Å²) in [6.07, 6.45) is 7.74. The Bertz CT molecular complexity index is 2120. The predicted molar refractivity (Wildman–Crippen MR) is 210 cm³/mol. The Balaban J connectivity index is 1.02. The zero-order chi connectivity index (χ0) is 36.2. The van der Waals surface area contributed by atoms with E-state index in [-0.39, 0.29) is 10.9 Å². The van der Waals surface area contributed by atoms with Crippen LogP contribution in [-0.2, 0) is 28.9 Å². The number of piperidine rings is 1. The van der Waals surface area contributed by atoms with E-state index in [1.807, 2.05) is 12.1 Å². The van der Waals surface area contributed by atoms with Gasteiger partial charge in [0, 0.05) is 54.0 Å². The normalized spacial score (nSPS) is 17.2. The molecule has 8 rings (SSSR count). The number of amides is 1. The summed E-state index contributed by atoms with van der Waals surface area (Å²) in [5.41, 5.74) is 12.3. The number of hydrogen-bond acceptors (Lipinski definition) is 10. The van der Waals surface area contributed by atoms with Gasteiger partial charge < -0.3 is 24.7 Å². The van der Waals surface area contributed by atoms with Crippen molar-refractivity contribution >= 4 is 58.2 Å². The van der Waals surface area contributed by atoms with Gasteiger partial charge in [0.1, 0.15) is 11.6 Å². The lowest BCUT2D eigenvalue weighted by molar-refractivity contribution is 0.0984. The largest absolute Gasteiger partial charge is 0.416 e.